The first-order valence-electron chi connectivity index (χ1n) is 8.18. The zero-order valence-electron chi connectivity index (χ0n) is 14.9. The van der Waals surface area contributed by atoms with Crippen LogP contribution >= 0.6 is 0 Å². The molecule has 0 saturated heterocycles. The Kier molecular flexibility index (Phi) is 4.71. The van der Waals surface area contributed by atoms with Crippen LogP contribution in [0.1, 0.15) is 13.8 Å². The molecular weight excluding hydrogens is 334 g/mol. The van der Waals surface area contributed by atoms with Crippen molar-refractivity contribution in [2.75, 3.05) is 29.7 Å². The second kappa shape index (κ2) is 6.95. The van der Waals surface area contributed by atoms with Gasteiger partial charge >= 0.3 is 6.03 Å². The van der Waals surface area contributed by atoms with Gasteiger partial charge in [-0.05, 0) is 44.2 Å². The SMILES string of the molecule is COc1ccccc1NC(=O)Nc1ccc2c(c1)NC(=O)C(C)(C)CO2. The van der Waals surface area contributed by atoms with Gasteiger partial charge in [0.1, 0.15) is 18.1 Å². The van der Waals surface area contributed by atoms with E-state index < -0.39 is 11.4 Å². The van der Waals surface area contributed by atoms with Crippen molar-refractivity contribution in [3.8, 4) is 11.5 Å². The molecule has 0 aliphatic carbocycles. The summed E-state index contributed by atoms with van der Waals surface area (Å²) < 4.78 is 10.9. The number of amides is 3. The molecule has 7 heteroatoms. The molecule has 136 valence electrons. The van der Waals surface area contributed by atoms with Gasteiger partial charge in [-0.25, -0.2) is 4.79 Å². The average molecular weight is 355 g/mol. The fourth-order valence-corrected chi connectivity index (χ4v) is 2.48. The highest BCUT2D eigenvalue weighted by Crippen LogP contribution is 2.34. The van der Waals surface area contributed by atoms with Gasteiger partial charge in [0, 0.05) is 5.69 Å². The van der Waals surface area contributed by atoms with Crippen molar-refractivity contribution in [1.82, 2.24) is 0 Å². The van der Waals surface area contributed by atoms with Crippen LogP contribution in [-0.2, 0) is 4.79 Å². The van der Waals surface area contributed by atoms with Gasteiger partial charge in [-0.15, -0.1) is 0 Å². The summed E-state index contributed by atoms with van der Waals surface area (Å²) in [5, 5.41) is 8.30. The largest absolute Gasteiger partial charge is 0.495 e. The van der Waals surface area contributed by atoms with Gasteiger partial charge in [0.15, 0.2) is 0 Å². The van der Waals surface area contributed by atoms with E-state index in [1.165, 1.54) is 7.11 Å². The fourth-order valence-electron chi connectivity index (χ4n) is 2.48. The Hall–Kier alpha value is -3.22. The summed E-state index contributed by atoms with van der Waals surface area (Å²) in [6, 6.07) is 11.8. The summed E-state index contributed by atoms with van der Waals surface area (Å²) in [6.45, 7) is 3.91. The second-order valence-electron chi connectivity index (χ2n) is 6.62. The van der Waals surface area contributed by atoms with E-state index in [1.54, 1.807) is 36.4 Å². The average Bonchev–Trinajstić information content (AvgIpc) is 2.71. The summed E-state index contributed by atoms with van der Waals surface area (Å²) in [7, 11) is 1.54. The molecule has 0 spiro atoms. The Morgan fingerprint density at radius 3 is 2.73 bits per heavy atom. The lowest BCUT2D eigenvalue weighted by Gasteiger charge is -2.18. The van der Waals surface area contributed by atoms with Crippen LogP contribution in [-0.4, -0.2) is 25.7 Å². The maximum Gasteiger partial charge on any atom is 0.323 e. The predicted octanol–water partition coefficient (Wildman–Crippen LogP) is 3.70. The van der Waals surface area contributed by atoms with Crippen LogP contribution in [0.15, 0.2) is 42.5 Å². The molecule has 7 nitrogen and oxygen atoms in total. The van der Waals surface area contributed by atoms with Gasteiger partial charge in [0.05, 0.1) is 23.9 Å². The van der Waals surface area contributed by atoms with Crippen molar-refractivity contribution in [2.24, 2.45) is 5.41 Å². The van der Waals surface area contributed by atoms with E-state index in [9.17, 15) is 9.59 Å². The fraction of sp³-hybridized carbons (Fsp3) is 0.263. The first-order chi connectivity index (χ1) is 12.4. The van der Waals surface area contributed by atoms with Gasteiger partial charge in [0.25, 0.3) is 0 Å². The van der Waals surface area contributed by atoms with E-state index in [-0.39, 0.29) is 12.5 Å². The zero-order chi connectivity index (χ0) is 18.7. The molecule has 0 unspecified atom stereocenters. The molecule has 26 heavy (non-hydrogen) atoms. The third kappa shape index (κ3) is 3.72. The number of carbonyl (C=O) groups excluding carboxylic acids is 2. The minimum absolute atomic E-state index is 0.133. The Morgan fingerprint density at radius 2 is 1.96 bits per heavy atom. The van der Waals surface area contributed by atoms with E-state index in [2.05, 4.69) is 16.0 Å². The van der Waals surface area contributed by atoms with E-state index in [1.807, 2.05) is 19.9 Å². The predicted molar refractivity (Wildman–Crippen MR) is 100.0 cm³/mol. The standard InChI is InChI=1S/C19H21N3O4/c1-19(2)11-26-16-9-8-12(10-14(16)21-17(19)23)20-18(24)22-13-6-4-5-7-15(13)25-3/h4-10H,11H2,1-3H3,(H,21,23)(H2,20,22,24). The maximum absolute atomic E-state index is 12.3. The van der Waals surface area contributed by atoms with Crippen molar-refractivity contribution >= 4 is 29.0 Å². The number of rotatable bonds is 3. The minimum atomic E-state index is -0.631. The number of para-hydroxylation sites is 2. The third-order valence-electron chi connectivity index (χ3n) is 4.04. The molecule has 3 rings (SSSR count). The van der Waals surface area contributed by atoms with Crippen LogP contribution in [0, 0.1) is 5.41 Å². The number of ether oxygens (including phenoxy) is 2. The molecule has 1 heterocycles. The molecule has 3 N–H and O–H groups in total. The second-order valence-corrected chi connectivity index (χ2v) is 6.62. The van der Waals surface area contributed by atoms with Gasteiger partial charge in [-0.3, -0.25) is 4.79 Å². The number of urea groups is 1. The van der Waals surface area contributed by atoms with Crippen LogP contribution in [0.4, 0.5) is 21.9 Å². The lowest BCUT2D eigenvalue weighted by atomic mass is 9.94. The number of fused-ring (bicyclic) bond motifs is 1. The lowest BCUT2D eigenvalue weighted by molar-refractivity contribution is -0.124. The number of methoxy groups -OCH3 is 1. The van der Waals surface area contributed by atoms with Crippen LogP contribution in [0.5, 0.6) is 11.5 Å². The molecule has 0 saturated carbocycles. The first-order valence-corrected chi connectivity index (χ1v) is 8.18. The van der Waals surface area contributed by atoms with E-state index in [0.29, 0.717) is 28.6 Å². The van der Waals surface area contributed by atoms with Gasteiger partial charge in [-0.2, -0.15) is 0 Å². The van der Waals surface area contributed by atoms with E-state index in [4.69, 9.17) is 9.47 Å². The maximum atomic E-state index is 12.3. The van der Waals surface area contributed by atoms with Crippen molar-refractivity contribution in [3.63, 3.8) is 0 Å². The van der Waals surface area contributed by atoms with Gasteiger partial charge in [-0.1, -0.05) is 12.1 Å². The highest BCUT2D eigenvalue weighted by Gasteiger charge is 2.32. The highest BCUT2D eigenvalue weighted by atomic mass is 16.5. The summed E-state index contributed by atoms with van der Waals surface area (Å²) >= 11 is 0. The number of nitrogens with one attached hydrogen (secondary N) is 3. The van der Waals surface area contributed by atoms with E-state index in [0.717, 1.165) is 0 Å². The van der Waals surface area contributed by atoms with Crippen molar-refractivity contribution in [1.29, 1.82) is 0 Å². The van der Waals surface area contributed by atoms with Crippen molar-refractivity contribution in [3.05, 3.63) is 42.5 Å². The molecule has 0 atom stereocenters. The molecule has 0 bridgehead atoms. The normalized spacial score (nSPS) is 15.0. The van der Waals surface area contributed by atoms with Gasteiger partial charge < -0.3 is 25.4 Å². The molecule has 0 fully saturated rings. The number of carbonyl (C=O) groups is 2. The summed E-state index contributed by atoms with van der Waals surface area (Å²) in [5.74, 6) is 0.999. The third-order valence-corrected chi connectivity index (χ3v) is 4.04. The minimum Gasteiger partial charge on any atom is -0.495 e. The summed E-state index contributed by atoms with van der Waals surface area (Å²) in [5.41, 5.74) is 0.976. The van der Waals surface area contributed by atoms with Gasteiger partial charge in [0.2, 0.25) is 5.91 Å². The molecule has 0 radical (unpaired) electrons. The first kappa shape index (κ1) is 17.6. The molecular formula is C19H21N3O4. The van der Waals surface area contributed by atoms with Crippen LogP contribution in [0.25, 0.3) is 0 Å². The molecule has 1 aliphatic rings. The number of hydrogen-bond acceptors (Lipinski definition) is 4. The topological polar surface area (TPSA) is 88.7 Å². The van der Waals surface area contributed by atoms with Crippen molar-refractivity contribution < 1.29 is 19.1 Å². The monoisotopic (exact) mass is 355 g/mol. The molecule has 0 aromatic heterocycles. The van der Waals surface area contributed by atoms with Crippen LogP contribution < -0.4 is 25.4 Å². The number of benzene rings is 2. The number of anilines is 3. The highest BCUT2D eigenvalue weighted by molar-refractivity contribution is 6.02. The smallest absolute Gasteiger partial charge is 0.323 e. The number of hydrogen-bond donors (Lipinski definition) is 3. The Balaban J connectivity index is 1.73. The molecule has 1 aliphatic heterocycles. The molecule has 2 aromatic carbocycles. The molecule has 2 aromatic rings. The Morgan fingerprint density at radius 1 is 1.19 bits per heavy atom. The van der Waals surface area contributed by atoms with Crippen LogP contribution in [0.3, 0.4) is 0 Å². The zero-order valence-corrected chi connectivity index (χ0v) is 14.9. The summed E-state index contributed by atoms with van der Waals surface area (Å²) in [4.78, 5) is 24.5. The summed E-state index contributed by atoms with van der Waals surface area (Å²) in [6.07, 6.45) is 0. The molecule has 3 amide bonds. The Bertz CT molecular complexity index is 848. The Labute approximate surface area is 151 Å². The quantitative estimate of drug-likeness (QED) is 0.783. The van der Waals surface area contributed by atoms with E-state index >= 15 is 0 Å². The lowest BCUT2D eigenvalue weighted by Crippen LogP contribution is -2.33. The van der Waals surface area contributed by atoms with Crippen molar-refractivity contribution in [2.45, 2.75) is 13.8 Å². The van der Waals surface area contributed by atoms with Crippen LogP contribution in [0.2, 0.25) is 0 Å².